The molecular weight excluding hydrogens is 530 g/mol. The highest BCUT2D eigenvalue weighted by Gasteiger charge is 2.31. The molecule has 1 unspecified atom stereocenters. The highest BCUT2D eigenvalue weighted by Crippen LogP contribution is 2.32. The zero-order valence-corrected chi connectivity index (χ0v) is 22.4. The minimum absolute atomic E-state index is 0.00909. The predicted molar refractivity (Wildman–Crippen MR) is 151 cm³/mol. The van der Waals surface area contributed by atoms with Gasteiger partial charge in [-0.2, -0.15) is 5.26 Å². The smallest absolute Gasteiger partial charge is 0.241 e. The van der Waals surface area contributed by atoms with Crippen LogP contribution >= 0.6 is 11.6 Å². The van der Waals surface area contributed by atoms with Crippen molar-refractivity contribution in [1.29, 1.82) is 5.26 Å². The van der Waals surface area contributed by atoms with Crippen molar-refractivity contribution in [3.05, 3.63) is 101 Å². The zero-order chi connectivity index (χ0) is 27.9. The number of imidazole rings is 1. The number of hydrogen-bond donors (Lipinski definition) is 2. The minimum Gasteiger partial charge on any atom is -0.491 e. The van der Waals surface area contributed by atoms with Gasteiger partial charge in [0.2, 0.25) is 5.91 Å². The van der Waals surface area contributed by atoms with E-state index < -0.39 is 0 Å². The van der Waals surface area contributed by atoms with Gasteiger partial charge in [-0.15, -0.1) is 0 Å². The number of anilines is 1. The number of piperazine rings is 1. The lowest BCUT2D eigenvalue weighted by Gasteiger charge is -2.38. The van der Waals surface area contributed by atoms with Crippen molar-refractivity contribution >= 4 is 23.2 Å². The molecule has 0 aliphatic carbocycles. The van der Waals surface area contributed by atoms with Crippen molar-refractivity contribution in [3.8, 4) is 23.3 Å². The van der Waals surface area contributed by atoms with E-state index in [1.807, 2.05) is 24.3 Å². The summed E-state index contributed by atoms with van der Waals surface area (Å²) in [6.45, 7) is 1.50. The first-order valence-corrected chi connectivity index (χ1v) is 13.2. The minimum atomic E-state index is -0.149. The van der Waals surface area contributed by atoms with E-state index in [1.54, 1.807) is 59.9 Å². The summed E-state index contributed by atoms with van der Waals surface area (Å²) in [6.07, 6.45) is 3.97. The molecule has 4 aromatic rings. The van der Waals surface area contributed by atoms with Crippen molar-refractivity contribution in [3.63, 3.8) is 0 Å². The number of halogens is 1. The lowest BCUT2D eigenvalue weighted by Crippen LogP contribution is -2.51. The molecule has 0 bridgehead atoms. The summed E-state index contributed by atoms with van der Waals surface area (Å²) in [5, 5.41) is 19.3. The van der Waals surface area contributed by atoms with Crippen molar-refractivity contribution in [2.24, 2.45) is 0 Å². The number of rotatable bonds is 10. The number of amides is 1. The summed E-state index contributed by atoms with van der Waals surface area (Å²) in [7, 11) is 0. The standard InChI is InChI=1S/C30H28ClN5O4/c31-23-3-1-4-24(15-23)36-10-9-35(19-30(36)38)28(27-18-33-20-34-27)13-21-7-8-22(17-32)29(14-21)40-26-6-2-5-25(16-26)39-12-11-37/h1-8,14-16,18,20,28,37H,9-13,19H2,(H,33,34). The van der Waals surface area contributed by atoms with Gasteiger partial charge in [0.15, 0.2) is 0 Å². The maximum Gasteiger partial charge on any atom is 0.241 e. The Labute approximate surface area is 237 Å². The number of aliphatic hydroxyl groups is 1. The lowest BCUT2D eigenvalue weighted by molar-refractivity contribution is -0.122. The number of nitriles is 1. The van der Waals surface area contributed by atoms with Crippen molar-refractivity contribution in [1.82, 2.24) is 14.9 Å². The molecule has 1 aliphatic rings. The Kier molecular flexibility index (Phi) is 8.62. The maximum absolute atomic E-state index is 13.2. The normalized spacial score (nSPS) is 14.5. The molecule has 204 valence electrons. The third-order valence-corrected chi connectivity index (χ3v) is 6.91. The van der Waals surface area contributed by atoms with Crippen LogP contribution in [0.15, 0.2) is 79.3 Å². The second-order valence-electron chi connectivity index (χ2n) is 9.31. The summed E-state index contributed by atoms with van der Waals surface area (Å²) in [5.74, 6) is 1.48. The van der Waals surface area contributed by atoms with Crippen LogP contribution in [-0.4, -0.2) is 58.7 Å². The molecule has 1 atom stereocenters. The molecule has 2 N–H and O–H groups in total. The summed E-state index contributed by atoms with van der Waals surface area (Å²) < 4.78 is 11.6. The van der Waals surface area contributed by atoms with E-state index in [0.29, 0.717) is 47.3 Å². The fourth-order valence-corrected chi connectivity index (χ4v) is 4.96. The molecule has 1 amide bonds. The van der Waals surface area contributed by atoms with Gasteiger partial charge in [0.25, 0.3) is 0 Å². The van der Waals surface area contributed by atoms with Gasteiger partial charge in [0.1, 0.15) is 29.9 Å². The first-order chi connectivity index (χ1) is 19.5. The van der Waals surface area contributed by atoms with Crippen LogP contribution in [0.2, 0.25) is 5.02 Å². The van der Waals surface area contributed by atoms with Crippen LogP contribution in [0.4, 0.5) is 5.69 Å². The third-order valence-electron chi connectivity index (χ3n) is 6.68. The molecule has 0 radical (unpaired) electrons. The van der Waals surface area contributed by atoms with Crippen LogP contribution in [0.5, 0.6) is 17.2 Å². The number of nitrogens with zero attached hydrogens (tertiary/aromatic N) is 4. The number of benzene rings is 3. The first kappa shape index (κ1) is 27.2. The summed E-state index contributed by atoms with van der Waals surface area (Å²) in [5.41, 5.74) is 3.01. The fraction of sp³-hybridized carbons (Fsp3) is 0.233. The number of hydrogen-bond acceptors (Lipinski definition) is 7. The summed E-state index contributed by atoms with van der Waals surface area (Å²) in [4.78, 5) is 24.5. The van der Waals surface area contributed by atoms with Gasteiger partial charge in [-0.05, 0) is 54.4 Å². The van der Waals surface area contributed by atoms with Gasteiger partial charge < -0.3 is 24.5 Å². The van der Waals surface area contributed by atoms with E-state index in [2.05, 4.69) is 20.9 Å². The summed E-state index contributed by atoms with van der Waals surface area (Å²) >= 11 is 6.16. The van der Waals surface area contributed by atoms with Gasteiger partial charge in [-0.25, -0.2) is 4.98 Å². The molecule has 1 saturated heterocycles. The first-order valence-electron chi connectivity index (χ1n) is 12.9. The molecule has 2 heterocycles. The van der Waals surface area contributed by atoms with Crippen LogP contribution in [0.25, 0.3) is 0 Å². The second-order valence-corrected chi connectivity index (χ2v) is 9.75. The number of aromatic amines is 1. The number of H-pyrrole nitrogens is 1. The number of carbonyl (C=O) groups is 1. The van der Waals surface area contributed by atoms with Gasteiger partial charge >= 0.3 is 0 Å². The largest absolute Gasteiger partial charge is 0.491 e. The number of nitrogens with one attached hydrogen (secondary N) is 1. The van der Waals surface area contributed by atoms with Gasteiger partial charge in [0.05, 0.1) is 36.8 Å². The van der Waals surface area contributed by atoms with E-state index in [1.165, 1.54) is 0 Å². The zero-order valence-electron chi connectivity index (χ0n) is 21.7. The molecule has 5 rings (SSSR count). The third kappa shape index (κ3) is 6.43. The number of ether oxygens (including phenoxy) is 2. The SMILES string of the molecule is N#Cc1ccc(CC(c2cnc[nH]2)N2CCN(c3cccc(Cl)c3)C(=O)C2)cc1Oc1cccc(OCCO)c1. The Morgan fingerprint density at radius 2 is 1.95 bits per heavy atom. The monoisotopic (exact) mass is 557 g/mol. The van der Waals surface area contributed by atoms with Crippen LogP contribution < -0.4 is 14.4 Å². The number of aromatic nitrogens is 2. The van der Waals surface area contributed by atoms with Crippen molar-refractivity contribution < 1.29 is 19.4 Å². The molecule has 40 heavy (non-hydrogen) atoms. The van der Waals surface area contributed by atoms with Gasteiger partial charge in [-0.1, -0.05) is 29.8 Å². The molecule has 3 aromatic carbocycles. The van der Waals surface area contributed by atoms with E-state index in [-0.39, 0.29) is 31.7 Å². The summed E-state index contributed by atoms with van der Waals surface area (Å²) in [6, 6.07) is 21.9. The van der Waals surface area contributed by atoms with Gasteiger partial charge in [-0.3, -0.25) is 9.69 Å². The Morgan fingerprint density at radius 3 is 2.70 bits per heavy atom. The molecule has 10 heteroatoms. The van der Waals surface area contributed by atoms with Crippen LogP contribution in [-0.2, 0) is 11.2 Å². The van der Waals surface area contributed by atoms with Crippen LogP contribution in [0.1, 0.15) is 22.9 Å². The average molecular weight is 558 g/mol. The van der Waals surface area contributed by atoms with E-state index in [0.717, 1.165) is 16.9 Å². The number of carbonyl (C=O) groups excluding carboxylic acids is 1. The van der Waals surface area contributed by atoms with E-state index in [9.17, 15) is 10.1 Å². The fourth-order valence-electron chi connectivity index (χ4n) is 4.77. The molecule has 9 nitrogen and oxygen atoms in total. The van der Waals surface area contributed by atoms with E-state index >= 15 is 0 Å². The highest BCUT2D eigenvalue weighted by atomic mass is 35.5. The van der Waals surface area contributed by atoms with Crippen LogP contribution in [0.3, 0.4) is 0 Å². The molecule has 1 fully saturated rings. The topological polar surface area (TPSA) is 115 Å². The molecule has 1 aromatic heterocycles. The Bertz CT molecular complexity index is 1500. The van der Waals surface area contributed by atoms with Crippen molar-refractivity contribution in [2.45, 2.75) is 12.5 Å². The second kappa shape index (κ2) is 12.7. The highest BCUT2D eigenvalue weighted by molar-refractivity contribution is 6.30. The molecular formula is C30H28ClN5O4. The van der Waals surface area contributed by atoms with Crippen molar-refractivity contribution in [2.75, 3.05) is 37.7 Å². The van der Waals surface area contributed by atoms with Gasteiger partial charge in [0, 0.05) is 36.1 Å². The molecule has 0 spiro atoms. The quantitative estimate of drug-likeness (QED) is 0.290. The van der Waals surface area contributed by atoms with Crippen LogP contribution in [0, 0.1) is 11.3 Å². The Morgan fingerprint density at radius 1 is 1.10 bits per heavy atom. The Hall–Kier alpha value is -4.36. The average Bonchev–Trinajstić information content (AvgIpc) is 3.50. The number of aliphatic hydroxyl groups excluding tert-OH is 1. The van der Waals surface area contributed by atoms with E-state index in [4.69, 9.17) is 26.2 Å². The lowest BCUT2D eigenvalue weighted by atomic mass is 9.99. The predicted octanol–water partition coefficient (Wildman–Crippen LogP) is 4.73. The molecule has 1 aliphatic heterocycles. The molecule has 0 saturated carbocycles. The Balaban J connectivity index is 1.36. The maximum atomic E-state index is 13.2.